The summed E-state index contributed by atoms with van der Waals surface area (Å²) >= 11 is 0. The third kappa shape index (κ3) is 4.19. The van der Waals surface area contributed by atoms with Crippen molar-refractivity contribution >= 4 is 17.5 Å². The van der Waals surface area contributed by atoms with E-state index in [-0.39, 0.29) is 24.1 Å². The van der Waals surface area contributed by atoms with Gasteiger partial charge in [0.25, 0.3) is 11.8 Å². The number of fused-ring (bicyclic) bond motifs is 1. The minimum absolute atomic E-state index is 0.154. The van der Waals surface area contributed by atoms with Crippen LogP contribution < -0.4 is 14.8 Å². The van der Waals surface area contributed by atoms with Crippen molar-refractivity contribution in [2.45, 2.75) is 6.54 Å². The number of rotatable bonds is 5. The normalized spacial score (nSPS) is 11.8. The molecule has 1 aromatic heterocycles. The Morgan fingerprint density at radius 2 is 1.72 bits per heavy atom. The molecule has 0 unspecified atom stereocenters. The number of nitrogens with one attached hydrogen (secondary N) is 1. The fourth-order valence-corrected chi connectivity index (χ4v) is 2.97. The first-order valence-electron chi connectivity index (χ1n) is 9.07. The summed E-state index contributed by atoms with van der Waals surface area (Å²) < 4.78 is 10.6. The highest BCUT2D eigenvalue weighted by atomic mass is 16.7. The summed E-state index contributed by atoms with van der Waals surface area (Å²) in [5, 5.41) is 2.76. The lowest BCUT2D eigenvalue weighted by Crippen LogP contribution is -2.27. The summed E-state index contributed by atoms with van der Waals surface area (Å²) in [7, 11) is 1.70. The molecule has 1 N–H and O–H groups in total. The van der Waals surface area contributed by atoms with E-state index in [9.17, 15) is 9.59 Å². The number of aromatic nitrogens is 1. The van der Waals surface area contributed by atoms with Gasteiger partial charge in [0.15, 0.2) is 11.5 Å². The molecule has 0 atom stereocenters. The van der Waals surface area contributed by atoms with E-state index in [1.165, 1.54) is 0 Å². The molecular formula is C22H19N3O4. The smallest absolute Gasteiger partial charge is 0.274 e. The number of amides is 2. The van der Waals surface area contributed by atoms with Crippen LogP contribution in [0.1, 0.15) is 26.5 Å². The second kappa shape index (κ2) is 8.02. The molecule has 4 rings (SSSR count). The van der Waals surface area contributed by atoms with Gasteiger partial charge in [0.05, 0.1) is 0 Å². The molecule has 7 heteroatoms. The number of hydrogen-bond donors (Lipinski definition) is 1. The molecule has 0 aliphatic carbocycles. The van der Waals surface area contributed by atoms with Crippen LogP contribution in [0.3, 0.4) is 0 Å². The predicted octanol–water partition coefficient (Wildman–Crippen LogP) is 3.33. The molecule has 0 saturated carbocycles. The molecule has 1 aliphatic heterocycles. The topological polar surface area (TPSA) is 80.8 Å². The van der Waals surface area contributed by atoms with Gasteiger partial charge in [-0.05, 0) is 29.8 Å². The second-order valence-corrected chi connectivity index (χ2v) is 6.58. The molecule has 0 bridgehead atoms. The third-order valence-corrected chi connectivity index (χ3v) is 4.44. The van der Waals surface area contributed by atoms with Crippen LogP contribution in [0.5, 0.6) is 11.5 Å². The monoisotopic (exact) mass is 389 g/mol. The number of benzene rings is 2. The molecule has 7 nitrogen and oxygen atoms in total. The SMILES string of the molecule is CN(Cc1ccccc1)C(=O)c1cccc(C(=O)Nc2ccc3c(c2)OCO3)n1. The number of pyridine rings is 1. The minimum atomic E-state index is -0.413. The zero-order valence-electron chi connectivity index (χ0n) is 15.8. The fraction of sp³-hybridized carbons (Fsp3) is 0.136. The Labute approximate surface area is 167 Å². The minimum Gasteiger partial charge on any atom is -0.454 e. The molecule has 29 heavy (non-hydrogen) atoms. The standard InChI is InChI=1S/C22H19N3O4/c1-25(13-15-6-3-2-4-7-15)22(27)18-9-5-8-17(24-18)21(26)23-16-10-11-19-20(12-16)29-14-28-19/h2-12H,13-14H2,1H3,(H,23,26). The van der Waals surface area contributed by atoms with Crippen LogP contribution in [0.2, 0.25) is 0 Å². The van der Waals surface area contributed by atoms with E-state index >= 15 is 0 Å². The summed E-state index contributed by atoms with van der Waals surface area (Å²) in [6.07, 6.45) is 0. The van der Waals surface area contributed by atoms with E-state index in [4.69, 9.17) is 9.47 Å². The maximum Gasteiger partial charge on any atom is 0.274 e. The average Bonchev–Trinajstić information content (AvgIpc) is 3.22. The van der Waals surface area contributed by atoms with E-state index < -0.39 is 5.91 Å². The number of ether oxygens (including phenoxy) is 2. The number of anilines is 1. The number of hydrogen-bond acceptors (Lipinski definition) is 5. The van der Waals surface area contributed by atoms with Crippen molar-refractivity contribution in [1.82, 2.24) is 9.88 Å². The first-order valence-corrected chi connectivity index (χ1v) is 9.07. The molecule has 0 radical (unpaired) electrons. The largest absolute Gasteiger partial charge is 0.454 e. The first-order chi connectivity index (χ1) is 14.1. The van der Waals surface area contributed by atoms with Crippen molar-refractivity contribution in [3.63, 3.8) is 0 Å². The van der Waals surface area contributed by atoms with Gasteiger partial charge >= 0.3 is 0 Å². The molecule has 2 aromatic carbocycles. The molecular weight excluding hydrogens is 370 g/mol. The lowest BCUT2D eigenvalue weighted by molar-refractivity contribution is 0.0779. The van der Waals surface area contributed by atoms with E-state index in [1.54, 1.807) is 48.3 Å². The fourth-order valence-electron chi connectivity index (χ4n) is 2.97. The molecule has 0 spiro atoms. The van der Waals surface area contributed by atoms with Crippen LogP contribution in [0.4, 0.5) is 5.69 Å². The van der Waals surface area contributed by atoms with E-state index in [0.29, 0.717) is 23.7 Å². The van der Waals surface area contributed by atoms with Gasteiger partial charge in [-0.2, -0.15) is 0 Å². The van der Waals surface area contributed by atoms with Crippen molar-refractivity contribution in [2.24, 2.45) is 0 Å². The van der Waals surface area contributed by atoms with E-state index in [2.05, 4.69) is 10.3 Å². The van der Waals surface area contributed by atoms with E-state index in [0.717, 1.165) is 5.56 Å². The zero-order valence-corrected chi connectivity index (χ0v) is 15.8. The van der Waals surface area contributed by atoms with Crippen molar-refractivity contribution in [3.8, 4) is 11.5 Å². The van der Waals surface area contributed by atoms with Crippen LogP contribution in [0, 0.1) is 0 Å². The van der Waals surface area contributed by atoms with Gasteiger partial charge in [-0.25, -0.2) is 4.98 Å². The number of nitrogens with zero attached hydrogens (tertiary/aromatic N) is 2. The van der Waals surface area contributed by atoms with Crippen molar-refractivity contribution in [3.05, 3.63) is 83.7 Å². The Morgan fingerprint density at radius 1 is 0.966 bits per heavy atom. The highest BCUT2D eigenvalue weighted by Crippen LogP contribution is 2.34. The summed E-state index contributed by atoms with van der Waals surface area (Å²) in [4.78, 5) is 31.1. The van der Waals surface area contributed by atoms with Crippen LogP contribution in [0.25, 0.3) is 0 Å². The highest BCUT2D eigenvalue weighted by Gasteiger charge is 2.18. The summed E-state index contributed by atoms with van der Waals surface area (Å²) in [6.45, 7) is 0.615. The Hall–Kier alpha value is -3.87. The molecule has 2 amide bonds. The summed E-state index contributed by atoms with van der Waals surface area (Å²) in [5.41, 5.74) is 1.93. The molecule has 3 aromatic rings. The Kier molecular flexibility index (Phi) is 5.11. The lowest BCUT2D eigenvalue weighted by Gasteiger charge is -2.17. The highest BCUT2D eigenvalue weighted by molar-refractivity contribution is 6.04. The van der Waals surface area contributed by atoms with Gasteiger partial charge in [0.2, 0.25) is 6.79 Å². The van der Waals surface area contributed by atoms with Crippen molar-refractivity contribution < 1.29 is 19.1 Å². The quantitative estimate of drug-likeness (QED) is 0.724. The van der Waals surface area contributed by atoms with Crippen LogP contribution in [-0.4, -0.2) is 35.5 Å². The van der Waals surface area contributed by atoms with Crippen LogP contribution in [-0.2, 0) is 6.54 Å². The molecule has 2 heterocycles. The summed E-state index contributed by atoms with van der Waals surface area (Å²) in [6, 6.07) is 19.6. The Morgan fingerprint density at radius 3 is 2.55 bits per heavy atom. The Bertz CT molecular complexity index is 1050. The third-order valence-electron chi connectivity index (χ3n) is 4.44. The maximum absolute atomic E-state index is 12.7. The maximum atomic E-state index is 12.7. The lowest BCUT2D eigenvalue weighted by atomic mass is 10.2. The summed E-state index contributed by atoms with van der Waals surface area (Å²) in [5.74, 6) is 0.535. The van der Waals surface area contributed by atoms with Gasteiger partial charge < -0.3 is 19.7 Å². The number of carbonyl (C=O) groups is 2. The van der Waals surface area contributed by atoms with Crippen molar-refractivity contribution in [2.75, 3.05) is 19.2 Å². The van der Waals surface area contributed by atoms with Crippen molar-refractivity contribution in [1.29, 1.82) is 0 Å². The van der Waals surface area contributed by atoms with Gasteiger partial charge in [-0.15, -0.1) is 0 Å². The van der Waals surface area contributed by atoms with Gasteiger partial charge in [0, 0.05) is 25.3 Å². The zero-order chi connectivity index (χ0) is 20.2. The van der Waals surface area contributed by atoms with Crippen LogP contribution >= 0.6 is 0 Å². The molecule has 1 aliphatic rings. The van der Waals surface area contributed by atoms with Gasteiger partial charge in [0.1, 0.15) is 11.4 Å². The predicted molar refractivity (Wildman–Crippen MR) is 107 cm³/mol. The van der Waals surface area contributed by atoms with Gasteiger partial charge in [-0.3, -0.25) is 9.59 Å². The Balaban J connectivity index is 1.46. The van der Waals surface area contributed by atoms with E-state index in [1.807, 2.05) is 30.3 Å². The van der Waals surface area contributed by atoms with Crippen LogP contribution in [0.15, 0.2) is 66.7 Å². The van der Waals surface area contributed by atoms with Gasteiger partial charge in [-0.1, -0.05) is 36.4 Å². The number of carbonyl (C=O) groups excluding carboxylic acids is 2. The molecule has 0 fully saturated rings. The second-order valence-electron chi connectivity index (χ2n) is 6.58. The first kappa shape index (κ1) is 18.5. The molecule has 0 saturated heterocycles. The average molecular weight is 389 g/mol. The molecule has 146 valence electrons.